The second-order valence-corrected chi connectivity index (χ2v) is 5.39. The molecular weight excluding hydrogens is 276 g/mol. The number of hydrogen-bond donors (Lipinski definition) is 1. The summed E-state index contributed by atoms with van der Waals surface area (Å²) in [6.45, 7) is 0.485. The lowest BCUT2D eigenvalue weighted by Gasteiger charge is -2.21. The summed E-state index contributed by atoms with van der Waals surface area (Å²) >= 11 is 5.99. The number of nitrogens with zero attached hydrogens (tertiary/aromatic N) is 1. The normalized spacial score (nSPS) is 14.2. The van der Waals surface area contributed by atoms with Crippen LogP contribution in [0.4, 0.5) is 5.69 Å². The van der Waals surface area contributed by atoms with Gasteiger partial charge in [0.1, 0.15) is 5.76 Å². The van der Waals surface area contributed by atoms with Gasteiger partial charge < -0.3 is 15.1 Å². The Bertz CT molecular complexity index is 621. The molecule has 1 amide bonds. The van der Waals surface area contributed by atoms with Crippen molar-refractivity contribution in [3.05, 3.63) is 52.9 Å². The van der Waals surface area contributed by atoms with Crippen molar-refractivity contribution >= 4 is 23.2 Å². The summed E-state index contributed by atoms with van der Waals surface area (Å²) in [6.07, 6.45) is 3.69. The van der Waals surface area contributed by atoms with E-state index >= 15 is 0 Å². The highest BCUT2D eigenvalue weighted by Crippen LogP contribution is 2.31. The maximum Gasteiger partial charge on any atom is 0.254 e. The van der Waals surface area contributed by atoms with Crippen LogP contribution in [0.2, 0.25) is 5.02 Å². The number of nitrogens with two attached hydrogens (primary N) is 1. The van der Waals surface area contributed by atoms with Gasteiger partial charge in [-0.25, -0.2) is 0 Å². The first-order valence-electron chi connectivity index (χ1n) is 6.53. The molecule has 1 aliphatic rings. The zero-order valence-corrected chi connectivity index (χ0v) is 11.6. The van der Waals surface area contributed by atoms with Crippen molar-refractivity contribution in [1.29, 1.82) is 0 Å². The number of carbonyl (C=O) groups is 1. The Kier molecular flexibility index (Phi) is 3.40. The van der Waals surface area contributed by atoms with E-state index in [9.17, 15) is 4.79 Å². The second-order valence-electron chi connectivity index (χ2n) is 4.98. The predicted octanol–water partition coefficient (Wildman–Crippen LogP) is 3.32. The lowest BCUT2D eigenvalue weighted by Crippen LogP contribution is -2.32. The van der Waals surface area contributed by atoms with Crippen LogP contribution in [0.3, 0.4) is 0 Å². The van der Waals surface area contributed by atoms with Gasteiger partial charge in [-0.1, -0.05) is 11.6 Å². The average molecular weight is 291 g/mol. The summed E-state index contributed by atoms with van der Waals surface area (Å²) in [5.41, 5.74) is 6.71. The van der Waals surface area contributed by atoms with E-state index in [1.807, 2.05) is 17.0 Å². The fraction of sp³-hybridized carbons (Fsp3) is 0.267. The minimum absolute atomic E-state index is 0.0363. The van der Waals surface area contributed by atoms with Gasteiger partial charge >= 0.3 is 0 Å². The fourth-order valence-electron chi connectivity index (χ4n) is 2.15. The van der Waals surface area contributed by atoms with Crippen molar-refractivity contribution in [3.63, 3.8) is 0 Å². The molecule has 5 heteroatoms. The SMILES string of the molecule is Nc1ccc(C(=O)N(Cc2ccco2)C2CC2)cc1Cl. The Balaban J connectivity index is 1.83. The molecule has 0 aliphatic heterocycles. The Morgan fingerprint density at radius 1 is 1.40 bits per heavy atom. The lowest BCUT2D eigenvalue weighted by atomic mass is 10.1. The van der Waals surface area contributed by atoms with E-state index < -0.39 is 0 Å². The van der Waals surface area contributed by atoms with Crippen LogP contribution < -0.4 is 5.73 Å². The van der Waals surface area contributed by atoms with Gasteiger partial charge in [0.2, 0.25) is 0 Å². The van der Waals surface area contributed by atoms with Crippen LogP contribution >= 0.6 is 11.6 Å². The molecule has 0 bridgehead atoms. The van der Waals surface area contributed by atoms with Gasteiger partial charge in [0.25, 0.3) is 5.91 Å². The van der Waals surface area contributed by atoms with Crippen molar-refractivity contribution in [2.75, 3.05) is 5.73 Å². The van der Waals surface area contributed by atoms with Crippen LogP contribution in [0, 0.1) is 0 Å². The van der Waals surface area contributed by atoms with Crippen LogP contribution in [-0.2, 0) is 6.54 Å². The number of anilines is 1. The van der Waals surface area contributed by atoms with E-state index in [2.05, 4.69) is 0 Å². The highest BCUT2D eigenvalue weighted by molar-refractivity contribution is 6.33. The predicted molar refractivity (Wildman–Crippen MR) is 77.5 cm³/mol. The van der Waals surface area contributed by atoms with Crippen molar-refractivity contribution in [2.45, 2.75) is 25.4 Å². The summed E-state index contributed by atoms with van der Waals surface area (Å²) < 4.78 is 5.33. The van der Waals surface area contributed by atoms with Crippen molar-refractivity contribution in [2.24, 2.45) is 0 Å². The molecule has 1 aromatic heterocycles. The standard InChI is InChI=1S/C15H15ClN2O2/c16-13-8-10(3-6-14(13)17)15(19)18(11-4-5-11)9-12-2-1-7-20-12/h1-3,6-8,11H,4-5,9,17H2. The molecule has 104 valence electrons. The van der Waals surface area contributed by atoms with Gasteiger partial charge in [-0.05, 0) is 43.2 Å². The summed E-state index contributed by atoms with van der Waals surface area (Å²) in [5.74, 6) is 0.748. The van der Waals surface area contributed by atoms with E-state index in [0.717, 1.165) is 18.6 Å². The van der Waals surface area contributed by atoms with E-state index in [-0.39, 0.29) is 5.91 Å². The third-order valence-electron chi connectivity index (χ3n) is 3.40. The number of benzene rings is 1. The van der Waals surface area contributed by atoms with E-state index in [1.165, 1.54) is 0 Å². The minimum atomic E-state index is -0.0363. The molecule has 1 aliphatic carbocycles. The summed E-state index contributed by atoms with van der Waals surface area (Å²) in [6, 6.07) is 8.98. The molecule has 20 heavy (non-hydrogen) atoms. The molecular formula is C15H15ClN2O2. The smallest absolute Gasteiger partial charge is 0.254 e. The molecule has 0 saturated heterocycles. The maximum absolute atomic E-state index is 12.6. The number of furan rings is 1. The van der Waals surface area contributed by atoms with Crippen LogP contribution in [0.15, 0.2) is 41.0 Å². The van der Waals surface area contributed by atoms with Crippen molar-refractivity contribution in [3.8, 4) is 0 Å². The molecule has 2 N–H and O–H groups in total. The van der Waals surface area contributed by atoms with Crippen LogP contribution in [-0.4, -0.2) is 16.8 Å². The third-order valence-corrected chi connectivity index (χ3v) is 3.73. The van der Waals surface area contributed by atoms with E-state index in [0.29, 0.717) is 28.9 Å². The number of rotatable bonds is 4. The fourth-order valence-corrected chi connectivity index (χ4v) is 2.33. The van der Waals surface area contributed by atoms with E-state index in [4.69, 9.17) is 21.8 Å². The molecule has 1 heterocycles. The monoisotopic (exact) mass is 290 g/mol. The average Bonchev–Trinajstić information content (AvgIpc) is 3.15. The number of nitrogen functional groups attached to an aromatic ring is 1. The van der Waals surface area contributed by atoms with Gasteiger partial charge in [-0.2, -0.15) is 0 Å². The largest absolute Gasteiger partial charge is 0.467 e. The number of amides is 1. The highest BCUT2D eigenvalue weighted by Gasteiger charge is 2.33. The Hall–Kier alpha value is -1.94. The zero-order valence-electron chi connectivity index (χ0n) is 10.9. The third kappa shape index (κ3) is 2.65. The molecule has 0 spiro atoms. The quantitative estimate of drug-likeness (QED) is 0.879. The van der Waals surface area contributed by atoms with Crippen molar-refractivity contribution < 1.29 is 9.21 Å². The van der Waals surface area contributed by atoms with Crippen LogP contribution in [0.1, 0.15) is 29.0 Å². The summed E-state index contributed by atoms with van der Waals surface area (Å²) in [5, 5.41) is 0.407. The summed E-state index contributed by atoms with van der Waals surface area (Å²) in [4.78, 5) is 14.4. The van der Waals surface area contributed by atoms with Gasteiger partial charge in [-0.15, -0.1) is 0 Å². The van der Waals surface area contributed by atoms with Crippen molar-refractivity contribution in [1.82, 2.24) is 4.90 Å². The molecule has 3 rings (SSSR count). The highest BCUT2D eigenvalue weighted by atomic mass is 35.5. The molecule has 4 nitrogen and oxygen atoms in total. The number of carbonyl (C=O) groups excluding carboxylic acids is 1. The Labute approximate surface area is 122 Å². The molecule has 0 atom stereocenters. The van der Waals surface area contributed by atoms with Gasteiger partial charge in [-0.3, -0.25) is 4.79 Å². The minimum Gasteiger partial charge on any atom is -0.467 e. The number of hydrogen-bond acceptors (Lipinski definition) is 3. The first-order valence-corrected chi connectivity index (χ1v) is 6.91. The van der Waals surface area contributed by atoms with Crippen LogP contribution in [0.25, 0.3) is 0 Å². The van der Waals surface area contributed by atoms with Gasteiger partial charge in [0, 0.05) is 11.6 Å². The van der Waals surface area contributed by atoms with Crippen LogP contribution in [0.5, 0.6) is 0 Å². The molecule has 0 unspecified atom stereocenters. The first-order chi connectivity index (χ1) is 9.65. The molecule has 1 fully saturated rings. The lowest BCUT2D eigenvalue weighted by molar-refractivity contribution is 0.0717. The summed E-state index contributed by atoms with van der Waals surface area (Å²) in [7, 11) is 0. The molecule has 1 aromatic carbocycles. The van der Waals surface area contributed by atoms with E-state index in [1.54, 1.807) is 24.5 Å². The maximum atomic E-state index is 12.6. The van der Waals surface area contributed by atoms with Gasteiger partial charge in [0.05, 0.1) is 23.5 Å². The first kappa shape index (κ1) is 13.1. The molecule has 1 saturated carbocycles. The number of halogens is 1. The Morgan fingerprint density at radius 2 is 2.20 bits per heavy atom. The van der Waals surface area contributed by atoms with Gasteiger partial charge in [0.15, 0.2) is 0 Å². The molecule has 2 aromatic rings. The second kappa shape index (κ2) is 5.21. The molecule has 0 radical (unpaired) electrons. The Morgan fingerprint density at radius 3 is 2.80 bits per heavy atom. The topological polar surface area (TPSA) is 59.5 Å². The zero-order chi connectivity index (χ0) is 14.1.